The highest BCUT2D eigenvalue weighted by Crippen LogP contribution is 2.30. The van der Waals surface area contributed by atoms with E-state index in [0.717, 1.165) is 31.9 Å². The molecule has 0 bridgehead atoms. The van der Waals surface area contributed by atoms with Crippen LogP contribution >= 0.6 is 23.2 Å². The highest BCUT2D eigenvalue weighted by Gasteiger charge is 2.20. The molecule has 1 atom stereocenters. The van der Waals surface area contributed by atoms with E-state index in [0.29, 0.717) is 34.6 Å². The largest absolute Gasteiger partial charge is 0.356 e. The van der Waals surface area contributed by atoms with E-state index in [9.17, 15) is 13.2 Å². The van der Waals surface area contributed by atoms with Gasteiger partial charge in [0, 0.05) is 24.5 Å². The average Bonchev–Trinajstić information content (AvgIpc) is 2.60. The summed E-state index contributed by atoms with van der Waals surface area (Å²) in [6, 6.07) is 4.68. The van der Waals surface area contributed by atoms with E-state index < -0.39 is 10.0 Å². The van der Waals surface area contributed by atoms with Gasteiger partial charge in [0.25, 0.3) is 0 Å². The molecule has 8 heteroatoms. The molecule has 0 saturated carbocycles. The van der Waals surface area contributed by atoms with E-state index >= 15 is 0 Å². The number of hydrogen-bond donors (Lipinski definition) is 1. The molecular weight excluding hydrogens is 407 g/mol. The van der Waals surface area contributed by atoms with E-state index in [-0.39, 0.29) is 18.9 Å². The van der Waals surface area contributed by atoms with Gasteiger partial charge in [0.2, 0.25) is 15.9 Å². The molecule has 1 aromatic carbocycles. The Bertz CT molecular complexity index is 711. The zero-order valence-corrected chi connectivity index (χ0v) is 18.6. The lowest BCUT2D eigenvalue weighted by atomic mass is 9.99. The summed E-state index contributed by atoms with van der Waals surface area (Å²) in [5, 5.41) is 3.66. The first-order valence-electron chi connectivity index (χ1n) is 9.38. The lowest BCUT2D eigenvalue weighted by Crippen LogP contribution is -2.33. The monoisotopic (exact) mass is 436 g/mol. The highest BCUT2D eigenvalue weighted by molar-refractivity contribution is 7.92. The molecule has 0 unspecified atom stereocenters. The number of anilines is 1. The van der Waals surface area contributed by atoms with E-state index in [1.54, 1.807) is 12.1 Å². The molecule has 154 valence electrons. The number of halogens is 2. The molecule has 0 aromatic heterocycles. The van der Waals surface area contributed by atoms with Gasteiger partial charge < -0.3 is 5.32 Å². The van der Waals surface area contributed by atoms with E-state index in [1.165, 1.54) is 10.4 Å². The van der Waals surface area contributed by atoms with Crippen LogP contribution < -0.4 is 9.62 Å². The Kier molecular flexibility index (Phi) is 10.5. The predicted octanol–water partition coefficient (Wildman–Crippen LogP) is 4.87. The maximum absolute atomic E-state index is 12.1. The summed E-state index contributed by atoms with van der Waals surface area (Å²) < 4.78 is 25.5. The number of sulfonamides is 1. The van der Waals surface area contributed by atoms with Crippen LogP contribution in [0.2, 0.25) is 10.0 Å². The first-order chi connectivity index (χ1) is 12.7. The molecule has 1 N–H and O–H groups in total. The maximum Gasteiger partial charge on any atom is 0.232 e. The Labute approximate surface area is 173 Å². The summed E-state index contributed by atoms with van der Waals surface area (Å²) in [5.41, 5.74) is 0.331. The minimum atomic E-state index is -3.54. The van der Waals surface area contributed by atoms with Crippen LogP contribution in [0.1, 0.15) is 52.4 Å². The Hall–Kier alpha value is -0.980. The second kappa shape index (κ2) is 11.8. The lowest BCUT2D eigenvalue weighted by molar-refractivity contribution is -0.121. The van der Waals surface area contributed by atoms with Crippen molar-refractivity contribution < 1.29 is 13.2 Å². The molecule has 0 aliphatic carbocycles. The minimum Gasteiger partial charge on any atom is -0.356 e. The zero-order valence-electron chi connectivity index (χ0n) is 16.3. The van der Waals surface area contributed by atoms with Gasteiger partial charge in [-0.2, -0.15) is 0 Å². The van der Waals surface area contributed by atoms with Gasteiger partial charge >= 0.3 is 0 Å². The van der Waals surface area contributed by atoms with Crippen molar-refractivity contribution in [2.24, 2.45) is 5.92 Å². The fourth-order valence-corrected chi connectivity index (χ4v) is 4.22. The van der Waals surface area contributed by atoms with Crippen molar-refractivity contribution in [1.82, 2.24) is 5.32 Å². The second-order valence-corrected chi connectivity index (χ2v) is 9.51. The van der Waals surface area contributed by atoms with Crippen molar-refractivity contribution in [1.29, 1.82) is 0 Å². The maximum atomic E-state index is 12.1. The molecule has 5 nitrogen and oxygen atoms in total. The van der Waals surface area contributed by atoms with Crippen molar-refractivity contribution in [3.63, 3.8) is 0 Å². The van der Waals surface area contributed by atoms with Gasteiger partial charge in [-0.3, -0.25) is 9.10 Å². The number of amides is 1. The van der Waals surface area contributed by atoms with Gasteiger partial charge in [0.1, 0.15) is 0 Å². The van der Waals surface area contributed by atoms with Gasteiger partial charge in [0.05, 0.1) is 17.0 Å². The number of nitrogens with one attached hydrogen (secondary N) is 1. The van der Waals surface area contributed by atoms with Gasteiger partial charge in [-0.25, -0.2) is 8.42 Å². The normalized spacial score (nSPS) is 12.6. The van der Waals surface area contributed by atoms with Crippen molar-refractivity contribution in [2.75, 3.05) is 23.7 Å². The fourth-order valence-electron chi connectivity index (χ4n) is 2.81. The van der Waals surface area contributed by atoms with Crippen LogP contribution in [0, 0.1) is 5.92 Å². The summed E-state index contributed by atoms with van der Waals surface area (Å²) >= 11 is 12.1. The minimum absolute atomic E-state index is 0.0596. The molecule has 1 rings (SSSR count). The van der Waals surface area contributed by atoms with E-state index in [1.807, 2.05) is 0 Å². The van der Waals surface area contributed by atoms with Gasteiger partial charge in [0.15, 0.2) is 0 Å². The number of unbranched alkanes of at least 4 members (excludes halogenated alkanes) is 1. The third-order valence-electron chi connectivity index (χ3n) is 4.47. The fraction of sp³-hybridized carbons (Fsp3) is 0.632. The summed E-state index contributed by atoms with van der Waals surface area (Å²) in [5.74, 6) is 0.433. The van der Waals surface area contributed by atoms with Crippen LogP contribution in [0.4, 0.5) is 5.69 Å². The molecule has 0 spiro atoms. The SMILES string of the molecule is CCCC[C@H](CC)CNC(=O)CCCN(c1cc(Cl)ccc1Cl)S(C)(=O)=O. The summed E-state index contributed by atoms with van der Waals surface area (Å²) in [4.78, 5) is 12.1. The van der Waals surface area contributed by atoms with E-state index in [4.69, 9.17) is 23.2 Å². The molecule has 0 radical (unpaired) electrons. The van der Waals surface area contributed by atoms with Crippen LogP contribution in [-0.2, 0) is 14.8 Å². The summed E-state index contributed by atoms with van der Waals surface area (Å²) in [7, 11) is -3.54. The first kappa shape index (κ1) is 24.1. The Morgan fingerprint density at radius 2 is 1.93 bits per heavy atom. The summed E-state index contributed by atoms with van der Waals surface area (Å²) in [6.45, 7) is 5.13. The number of rotatable bonds is 12. The molecule has 0 saturated heterocycles. The number of hydrogen-bond acceptors (Lipinski definition) is 3. The molecule has 0 aliphatic heterocycles. The predicted molar refractivity (Wildman–Crippen MR) is 114 cm³/mol. The third kappa shape index (κ3) is 8.71. The van der Waals surface area contributed by atoms with Gasteiger partial charge in [-0.15, -0.1) is 0 Å². The molecule has 1 amide bonds. The average molecular weight is 437 g/mol. The van der Waals surface area contributed by atoms with Crippen LogP contribution in [-0.4, -0.2) is 33.7 Å². The van der Waals surface area contributed by atoms with Crippen molar-refractivity contribution in [3.8, 4) is 0 Å². The number of benzene rings is 1. The lowest BCUT2D eigenvalue weighted by Gasteiger charge is -2.23. The molecule has 0 heterocycles. The molecular formula is C19H30Cl2N2O3S. The number of carbonyl (C=O) groups excluding carboxylic acids is 1. The quantitative estimate of drug-likeness (QED) is 0.507. The Balaban J connectivity index is 2.60. The molecule has 0 fully saturated rings. The van der Waals surface area contributed by atoms with Gasteiger partial charge in [-0.05, 0) is 37.0 Å². The Morgan fingerprint density at radius 3 is 2.52 bits per heavy atom. The van der Waals surface area contributed by atoms with Crippen molar-refractivity contribution in [3.05, 3.63) is 28.2 Å². The van der Waals surface area contributed by atoms with Crippen molar-refractivity contribution in [2.45, 2.75) is 52.4 Å². The third-order valence-corrected chi connectivity index (χ3v) is 6.21. The van der Waals surface area contributed by atoms with E-state index in [2.05, 4.69) is 19.2 Å². The summed E-state index contributed by atoms with van der Waals surface area (Å²) in [6.07, 6.45) is 6.24. The van der Waals surface area contributed by atoms with Crippen LogP contribution in [0.3, 0.4) is 0 Å². The zero-order chi connectivity index (χ0) is 20.4. The number of nitrogens with zero attached hydrogens (tertiary/aromatic N) is 1. The second-order valence-electron chi connectivity index (χ2n) is 6.75. The Morgan fingerprint density at radius 1 is 1.22 bits per heavy atom. The first-order valence-corrected chi connectivity index (χ1v) is 12.0. The van der Waals surface area contributed by atoms with Crippen LogP contribution in [0.5, 0.6) is 0 Å². The molecule has 1 aromatic rings. The smallest absolute Gasteiger partial charge is 0.232 e. The van der Waals surface area contributed by atoms with Crippen LogP contribution in [0.15, 0.2) is 18.2 Å². The molecule has 27 heavy (non-hydrogen) atoms. The number of carbonyl (C=O) groups is 1. The van der Waals surface area contributed by atoms with Gasteiger partial charge in [-0.1, -0.05) is 56.3 Å². The molecule has 0 aliphatic rings. The van der Waals surface area contributed by atoms with Crippen molar-refractivity contribution >= 4 is 44.8 Å². The topological polar surface area (TPSA) is 66.5 Å². The van der Waals surface area contributed by atoms with Crippen LogP contribution in [0.25, 0.3) is 0 Å². The highest BCUT2D eigenvalue weighted by atomic mass is 35.5. The standard InChI is InChI=1S/C19H30Cl2N2O3S/c1-4-6-8-15(5-2)14-22-19(24)9-7-12-23(27(3,25)26)18-13-16(20)10-11-17(18)21/h10-11,13,15H,4-9,12,14H2,1-3H3,(H,22,24)/t15-/m0/s1.